The number of hydrogen-bond acceptors (Lipinski definition) is 7. The number of rotatable bonds is 5. The number of fused-ring (bicyclic) bond motifs is 3. The number of hydrogen-bond donors (Lipinski definition) is 1. The Morgan fingerprint density at radius 2 is 2.10 bits per heavy atom. The zero-order valence-electron chi connectivity index (χ0n) is 16.0. The second-order valence-corrected chi connectivity index (χ2v) is 6.34. The summed E-state index contributed by atoms with van der Waals surface area (Å²) in [5.41, 5.74) is 0.894. The highest BCUT2D eigenvalue weighted by Crippen LogP contribution is 2.32. The van der Waals surface area contributed by atoms with Gasteiger partial charge < -0.3 is 23.9 Å². The van der Waals surface area contributed by atoms with Gasteiger partial charge in [0, 0.05) is 18.0 Å². The second kappa shape index (κ2) is 8.64. The largest absolute Gasteiger partial charge is 0.507 e. The maximum Gasteiger partial charge on any atom is 0.410 e. The van der Waals surface area contributed by atoms with Gasteiger partial charge in [-0.25, -0.2) is 14.4 Å². The molecule has 0 saturated carbocycles. The molecule has 1 aliphatic rings. The molecule has 1 amide bonds. The lowest BCUT2D eigenvalue weighted by Gasteiger charge is -2.27. The summed E-state index contributed by atoms with van der Waals surface area (Å²) in [4.78, 5) is 37.7. The Hall–Kier alpha value is -3.55. The highest BCUT2D eigenvalue weighted by Gasteiger charge is 2.27. The fraction of sp³-hybridized carbons (Fsp3) is 0.286. The number of carbonyl (C=O) groups is 2. The highest BCUT2D eigenvalue weighted by atomic mass is 16.6. The second-order valence-electron chi connectivity index (χ2n) is 6.34. The zero-order chi connectivity index (χ0) is 21.0. The van der Waals surface area contributed by atoms with E-state index >= 15 is 0 Å². The van der Waals surface area contributed by atoms with Gasteiger partial charge in [0.15, 0.2) is 0 Å². The standard InChI is InChI=1S/C21H21NO7/c1-3-11-28-21(26)22-10-9-13-14-5-7-17(23)15(6-8-18(24)27-4-2)19(14)29-20(25)16(13)12-22/h3,5-8,23H,1,4,9-12H2,2H3. The van der Waals surface area contributed by atoms with Crippen molar-refractivity contribution in [1.29, 1.82) is 0 Å². The highest BCUT2D eigenvalue weighted by molar-refractivity contribution is 5.95. The molecule has 0 saturated heterocycles. The number of aromatic hydroxyl groups is 1. The topological polar surface area (TPSA) is 106 Å². The molecule has 0 atom stereocenters. The Morgan fingerprint density at radius 3 is 2.83 bits per heavy atom. The van der Waals surface area contributed by atoms with Crippen molar-refractivity contribution in [2.24, 2.45) is 0 Å². The van der Waals surface area contributed by atoms with Gasteiger partial charge in [-0.1, -0.05) is 12.7 Å². The summed E-state index contributed by atoms with van der Waals surface area (Å²) >= 11 is 0. The molecule has 29 heavy (non-hydrogen) atoms. The van der Waals surface area contributed by atoms with Crippen LogP contribution in [0.15, 0.2) is 40.1 Å². The lowest BCUT2D eigenvalue weighted by atomic mass is 9.96. The van der Waals surface area contributed by atoms with E-state index in [1.165, 1.54) is 23.1 Å². The zero-order valence-corrected chi connectivity index (χ0v) is 16.0. The number of amides is 1. The van der Waals surface area contributed by atoms with Gasteiger partial charge in [0.05, 0.1) is 24.3 Å². The van der Waals surface area contributed by atoms with Crippen LogP contribution in [0.4, 0.5) is 4.79 Å². The average Bonchev–Trinajstić information content (AvgIpc) is 2.71. The van der Waals surface area contributed by atoms with Crippen molar-refractivity contribution in [3.05, 3.63) is 58.0 Å². The molecular formula is C21H21NO7. The number of benzene rings is 1. The van der Waals surface area contributed by atoms with Crippen molar-refractivity contribution >= 4 is 29.1 Å². The van der Waals surface area contributed by atoms with Crippen molar-refractivity contribution in [3.8, 4) is 5.75 Å². The number of carbonyl (C=O) groups excluding carboxylic acids is 2. The van der Waals surface area contributed by atoms with E-state index in [9.17, 15) is 19.5 Å². The first kappa shape index (κ1) is 20.2. The van der Waals surface area contributed by atoms with Crippen LogP contribution < -0.4 is 5.63 Å². The number of ether oxygens (including phenoxy) is 2. The van der Waals surface area contributed by atoms with Crippen LogP contribution in [0.5, 0.6) is 5.75 Å². The molecule has 0 spiro atoms. The Balaban J connectivity index is 2.01. The van der Waals surface area contributed by atoms with Crippen molar-refractivity contribution in [1.82, 2.24) is 4.90 Å². The lowest BCUT2D eigenvalue weighted by Crippen LogP contribution is -2.38. The van der Waals surface area contributed by atoms with Crippen LogP contribution in [-0.2, 0) is 27.2 Å². The summed E-state index contributed by atoms with van der Waals surface area (Å²) in [6.45, 7) is 5.93. The number of phenols is 1. The first-order valence-corrected chi connectivity index (χ1v) is 9.14. The Bertz CT molecular complexity index is 1050. The lowest BCUT2D eigenvalue weighted by molar-refractivity contribution is -0.137. The molecule has 152 valence electrons. The maximum absolute atomic E-state index is 12.6. The fourth-order valence-electron chi connectivity index (χ4n) is 3.22. The van der Waals surface area contributed by atoms with Gasteiger partial charge >= 0.3 is 17.7 Å². The van der Waals surface area contributed by atoms with Gasteiger partial charge in [0.1, 0.15) is 17.9 Å². The number of nitrogens with zero attached hydrogens (tertiary/aromatic N) is 1. The summed E-state index contributed by atoms with van der Waals surface area (Å²) in [5.74, 6) is -0.704. The molecule has 8 heteroatoms. The van der Waals surface area contributed by atoms with Gasteiger partial charge in [0.2, 0.25) is 0 Å². The molecule has 1 aromatic carbocycles. The molecule has 2 aromatic rings. The molecule has 0 aliphatic carbocycles. The molecule has 8 nitrogen and oxygen atoms in total. The summed E-state index contributed by atoms with van der Waals surface area (Å²) in [6.07, 6.45) is 3.88. The first-order valence-electron chi connectivity index (χ1n) is 9.14. The van der Waals surface area contributed by atoms with E-state index < -0.39 is 17.7 Å². The third-order valence-corrected chi connectivity index (χ3v) is 4.54. The van der Waals surface area contributed by atoms with Gasteiger partial charge in [0.25, 0.3) is 0 Å². The van der Waals surface area contributed by atoms with Gasteiger partial charge in [-0.3, -0.25) is 0 Å². The van der Waals surface area contributed by atoms with E-state index in [4.69, 9.17) is 13.9 Å². The summed E-state index contributed by atoms with van der Waals surface area (Å²) in [7, 11) is 0. The number of phenolic OH excluding ortho intramolecular Hbond substituents is 1. The van der Waals surface area contributed by atoms with E-state index in [1.807, 2.05) is 0 Å². The molecule has 1 N–H and O–H groups in total. The maximum atomic E-state index is 12.6. The van der Waals surface area contributed by atoms with Gasteiger partial charge in [-0.15, -0.1) is 0 Å². The minimum Gasteiger partial charge on any atom is -0.507 e. The molecule has 0 fully saturated rings. The molecular weight excluding hydrogens is 378 g/mol. The Morgan fingerprint density at radius 1 is 1.31 bits per heavy atom. The van der Waals surface area contributed by atoms with E-state index in [0.717, 1.165) is 11.6 Å². The SMILES string of the molecule is C=CCOC(=O)N1CCc2c(c(=O)oc3c(C=CC(=O)OCC)c(O)ccc23)C1. The predicted octanol–water partition coefficient (Wildman–Crippen LogP) is 2.76. The van der Waals surface area contributed by atoms with Crippen LogP contribution >= 0.6 is 0 Å². The molecule has 1 aliphatic heterocycles. The van der Waals surface area contributed by atoms with Crippen LogP contribution in [0.25, 0.3) is 17.0 Å². The monoisotopic (exact) mass is 399 g/mol. The minimum atomic E-state index is -0.606. The molecule has 0 bridgehead atoms. The Kier molecular flexibility index (Phi) is 6.01. The summed E-state index contributed by atoms with van der Waals surface area (Å²) in [5, 5.41) is 10.8. The third-order valence-electron chi connectivity index (χ3n) is 4.54. The van der Waals surface area contributed by atoms with Gasteiger partial charge in [-0.2, -0.15) is 0 Å². The van der Waals surface area contributed by atoms with Crippen molar-refractivity contribution in [2.75, 3.05) is 19.8 Å². The Labute approximate surface area is 166 Å². The van der Waals surface area contributed by atoms with Crippen LogP contribution in [0.1, 0.15) is 23.6 Å². The average molecular weight is 399 g/mol. The van der Waals surface area contributed by atoms with Crippen molar-refractivity contribution in [2.45, 2.75) is 19.9 Å². The van der Waals surface area contributed by atoms with Crippen molar-refractivity contribution in [3.63, 3.8) is 0 Å². The van der Waals surface area contributed by atoms with Crippen LogP contribution in [0.3, 0.4) is 0 Å². The van der Waals surface area contributed by atoms with E-state index in [-0.39, 0.29) is 36.7 Å². The molecule has 1 aromatic heterocycles. The fourth-order valence-corrected chi connectivity index (χ4v) is 3.22. The van der Waals surface area contributed by atoms with Gasteiger partial charge in [-0.05, 0) is 37.1 Å². The minimum absolute atomic E-state index is 0.0679. The van der Waals surface area contributed by atoms with Crippen LogP contribution in [0, 0.1) is 0 Å². The normalized spacial score (nSPS) is 13.3. The van der Waals surface area contributed by atoms with E-state index in [0.29, 0.717) is 23.9 Å². The quantitative estimate of drug-likeness (QED) is 0.357. The van der Waals surface area contributed by atoms with Crippen molar-refractivity contribution < 1.29 is 28.6 Å². The molecule has 0 unspecified atom stereocenters. The van der Waals surface area contributed by atoms with E-state index in [2.05, 4.69) is 6.58 Å². The summed E-state index contributed by atoms with van der Waals surface area (Å²) in [6, 6.07) is 3.12. The molecule has 2 heterocycles. The molecule has 0 radical (unpaired) electrons. The summed E-state index contributed by atoms with van der Waals surface area (Å²) < 4.78 is 15.3. The smallest absolute Gasteiger partial charge is 0.410 e. The predicted molar refractivity (Wildman–Crippen MR) is 105 cm³/mol. The third kappa shape index (κ3) is 4.16. The van der Waals surface area contributed by atoms with Crippen LogP contribution in [-0.4, -0.2) is 41.8 Å². The van der Waals surface area contributed by atoms with Crippen LogP contribution in [0.2, 0.25) is 0 Å². The number of esters is 1. The van der Waals surface area contributed by atoms with E-state index in [1.54, 1.807) is 13.0 Å². The first-order chi connectivity index (χ1) is 14.0. The molecule has 3 rings (SSSR count).